The Morgan fingerprint density at radius 3 is 2.17 bits per heavy atom. The molecule has 35 heavy (non-hydrogen) atoms. The fraction of sp³-hybridized carbons (Fsp3) is 0.357. The van der Waals surface area contributed by atoms with Gasteiger partial charge in [0.05, 0.1) is 4.90 Å². The summed E-state index contributed by atoms with van der Waals surface area (Å²) >= 11 is 0. The molecule has 0 saturated carbocycles. The van der Waals surface area contributed by atoms with Crippen molar-refractivity contribution >= 4 is 15.9 Å². The van der Waals surface area contributed by atoms with E-state index in [1.165, 1.54) is 9.87 Å². The van der Waals surface area contributed by atoms with E-state index in [1.807, 2.05) is 36.1 Å². The Morgan fingerprint density at radius 2 is 1.57 bits per heavy atom. The Kier molecular flexibility index (Phi) is 7.98. The molecule has 2 aromatic carbocycles. The summed E-state index contributed by atoms with van der Waals surface area (Å²) in [6, 6.07) is 19.2. The number of sulfonamides is 1. The van der Waals surface area contributed by atoms with Gasteiger partial charge in [-0.3, -0.25) is 9.78 Å². The molecule has 6 nitrogen and oxygen atoms in total. The van der Waals surface area contributed by atoms with Gasteiger partial charge in [-0.15, -0.1) is 0 Å². The van der Waals surface area contributed by atoms with E-state index in [4.69, 9.17) is 0 Å². The Hall–Kier alpha value is -3.03. The number of piperidine rings is 1. The third-order valence-corrected chi connectivity index (χ3v) is 8.59. The van der Waals surface area contributed by atoms with Crippen molar-refractivity contribution in [2.24, 2.45) is 5.92 Å². The van der Waals surface area contributed by atoms with E-state index in [9.17, 15) is 13.2 Å². The number of aryl methyl sites for hydroxylation is 2. The molecule has 1 fully saturated rings. The summed E-state index contributed by atoms with van der Waals surface area (Å²) in [4.78, 5) is 20.0. The van der Waals surface area contributed by atoms with E-state index >= 15 is 0 Å². The van der Waals surface area contributed by atoms with Gasteiger partial charge in [-0.25, -0.2) is 8.42 Å². The van der Waals surface area contributed by atoms with Crippen LogP contribution in [0.3, 0.4) is 0 Å². The third-order valence-electron chi connectivity index (χ3n) is 6.67. The molecule has 1 saturated heterocycles. The number of benzene rings is 2. The standard InChI is InChI=1S/C28H33N3O3S/c1-3-23-8-10-24(11-9-23)20-30(21-25-5-4-16-29-19-25)28(32)26-14-17-31(18-15-26)35(33,34)27-12-6-22(2)7-13-27/h4-13,16,19,26H,3,14-15,17-18,20-21H2,1-2H3. The van der Waals surface area contributed by atoms with E-state index in [0.717, 1.165) is 23.1 Å². The zero-order valence-corrected chi connectivity index (χ0v) is 21.2. The molecule has 7 heteroatoms. The first kappa shape index (κ1) is 25.1. The molecule has 2 heterocycles. The minimum absolute atomic E-state index is 0.0702. The van der Waals surface area contributed by atoms with Gasteiger partial charge < -0.3 is 4.90 Å². The van der Waals surface area contributed by atoms with E-state index in [2.05, 4.69) is 36.2 Å². The molecular weight excluding hydrogens is 458 g/mol. The molecule has 1 amide bonds. The largest absolute Gasteiger partial charge is 0.334 e. The average molecular weight is 492 g/mol. The summed E-state index contributed by atoms with van der Waals surface area (Å²) in [5.41, 5.74) is 4.34. The van der Waals surface area contributed by atoms with Crippen molar-refractivity contribution in [2.75, 3.05) is 13.1 Å². The maximum Gasteiger partial charge on any atom is 0.243 e. The van der Waals surface area contributed by atoms with Crippen molar-refractivity contribution in [3.05, 3.63) is 95.3 Å². The van der Waals surface area contributed by atoms with E-state index in [1.54, 1.807) is 24.5 Å². The molecular formula is C28H33N3O3S. The van der Waals surface area contributed by atoms with Crippen LogP contribution in [0.25, 0.3) is 0 Å². The summed E-state index contributed by atoms with van der Waals surface area (Å²) in [6.07, 6.45) is 5.52. The van der Waals surface area contributed by atoms with Crippen molar-refractivity contribution in [2.45, 2.75) is 51.1 Å². The lowest BCUT2D eigenvalue weighted by Crippen LogP contribution is -2.44. The highest BCUT2D eigenvalue weighted by Crippen LogP contribution is 2.26. The number of carbonyl (C=O) groups is 1. The second-order valence-corrected chi connectivity index (χ2v) is 11.2. The summed E-state index contributed by atoms with van der Waals surface area (Å²) in [5, 5.41) is 0. The number of pyridine rings is 1. The smallest absolute Gasteiger partial charge is 0.243 e. The summed E-state index contributed by atoms with van der Waals surface area (Å²) < 4.78 is 27.6. The molecule has 1 aromatic heterocycles. The molecule has 184 valence electrons. The molecule has 0 spiro atoms. The molecule has 1 aliphatic rings. The quantitative estimate of drug-likeness (QED) is 0.462. The molecule has 0 aliphatic carbocycles. The lowest BCUT2D eigenvalue weighted by atomic mass is 9.96. The van der Waals surface area contributed by atoms with Gasteiger partial charge in [0, 0.05) is 44.5 Å². The summed E-state index contributed by atoms with van der Waals surface area (Å²) in [7, 11) is -3.55. The van der Waals surface area contributed by atoms with Crippen LogP contribution in [0.15, 0.2) is 78.0 Å². The normalized spacial score (nSPS) is 15.1. The Balaban J connectivity index is 1.46. The first-order valence-corrected chi connectivity index (χ1v) is 13.6. The van der Waals surface area contributed by atoms with Crippen LogP contribution < -0.4 is 0 Å². The highest BCUT2D eigenvalue weighted by atomic mass is 32.2. The molecule has 4 rings (SSSR count). The van der Waals surface area contributed by atoms with Crippen LogP contribution in [0.4, 0.5) is 0 Å². The predicted octanol–water partition coefficient (Wildman–Crippen LogP) is 4.58. The zero-order valence-electron chi connectivity index (χ0n) is 20.4. The molecule has 0 N–H and O–H groups in total. The van der Waals surface area contributed by atoms with E-state index in [0.29, 0.717) is 43.9 Å². The second kappa shape index (κ2) is 11.1. The fourth-order valence-corrected chi connectivity index (χ4v) is 5.95. The van der Waals surface area contributed by atoms with E-state index in [-0.39, 0.29) is 11.8 Å². The minimum atomic E-state index is -3.55. The van der Waals surface area contributed by atoms with Gasteiger partial charge in [0.1, 0.15) is 0 Å². The van der Waals surface area contributed by atoms with Gasteiger partial charge in [0.25, 0.3) is 0 Å². The van der Waals surface area contributed by atoms with E-state index < -0.39 is 10.0 Å². The average Bonchev–Trinajstić information content (AvgIpc) is 2.89. The first-order chi connectivity index (χ1) is 16.9. The van der Waals surface area contributed by atoms with Crippen LogP contribution in [0.5, 0.6) is 0 Å². The van der Waals surface area contributed by atoms with Crippen LogP contribution >= 0.6 is 0 Å². The number of amides is 1. The Bertz CT molecular complexity index is 1220. The molecule has 0 unspecified atom stereocenters. The van der Waals surface area contributed by atoms with Crippen LogP contribution in [-0.4, -0.2) is 41.6 Å². The first-order valence-electron chi connectivity index (χ1n) is 12.2. The number of hydrogen-bond acceptors (Lipinski definition) is 4. The molecule has 0 radical (unpaired) electrons. The zero-order chi connectivity index (χ0) is 24.8. The lowest BCUT2D eigenvalue weighted by Gasteiger charge is -2.34. The van der Waals surface area contributed by atoms with Crippen LogP contribution in [-0.2, 0) is 34.3 Å². The van der Waals surface area contributed by atoms with Gasteiger partial charge >= 0.3 is 0 Å². The van der Waals surface area contributed by atoms with Gasteiger partial charge in [-0.1, -0.05) is 55.0 Å². The molecule has 0 bridgehead atoms. The maximum absolute atomic E-state index is 13.6. The van der Waals surface area contributed by atoms with Crippen molar-refractivity contribution in [3.8, 4) is 0 Å². The van der Waals surface area contributed by atoms with Gasteiger partial charge in [-0.2, -0.15) is 4.31 Å². The highest BCUT2D eigenvalue weighted by Gasteiger charge is 2.34. The number of carbonyl (C=O) groups excluding carboxylic acids is 1. The van der Waals surface area contributed by atoms with Crippen LogP contribution in [0.1, 0.15) is 42.0 Å². The van der Waals surface area contributed by atoms with Crippen molar-refractivity contribution in [1.82, 2.24) is 14.2 Å². The third kappa shape index (κ3) is 6.16. The van der Waals surface area contributed by atoms with Crippen LogP contribution in [0.2, 0.25) is 0 Å². The summed E-state index contributed by atoms with van der Waals surface area (Å²) in [5.74, 6) is -0.133. The van der Waals surface area contributed by atoms with Crippen LogP contribution in [0, 0.1) is 12.8 Å². The Labute approximate surface area is 208 Å². The van der Waals surface area contributed by atoms with Gasteiger partial charge in [0.15, 0.2) is 0 Å². The number of hydrogen-bond donors (Lipinski definition) is 0. The SMILES string of the molecule is CCc1ccc(CN(Cc2cccnc2)C(=O)C2CCN(S(=O)(=O)c3ccc(C)cc3)CC2)cc1. The number of nitrogens with zero attached hydrogens (tertiary/aromatic N) is 3. The monoisotopic (exact) mass is 491 g/mol. The fourth-order valence-electron chi connectivity index (χ4n) is 4.49. The predicted molar refractivity (Wildman–Crippen MR) is 137 cm³/mol. The van der Waals surface area contributed by atoms with Crippen molar-refractivity contribution in [1.29, 1.82) is 0 Å². The lowest BCUT2D eigenvalue weighted by molar-refractivity contribution is -0.138. The van der Waals surface area contributed by atoms with Gasteiger partial charge in [-0.05, 0) is 61.1 Å². The summed E-state index contributed by atoms with van der Waals surface area (Å²) in [6.45, 7) is 5.74. The molecule has 1 aliphatic heterocycles. The number of aromatic nitrogens is 1. The Morgan fingerprint density at radius 1 is 0.943 bits per heavy atom. The maximum atomic E-state index is 13.6. The molecule has 3 aromatic rings. The topological polar surface area (TPSA) is 70.6 Å². The molecule has 0 atom stereocenters. The minimum Gasteiger partial charge on any atom is -0.334 e. The number of rotatable bonds is 8. The second-order valence-electron chi connectivity index (χ2n) is 9.22. The van der Waals surface area contributed by atoms with Crippen molar-refractivity contribution < 1.29 is 13.2 Å². The highest BCUT2D eigenvalue weighted by molar-refractivity contribution is 7.89. The van der Waals surface area contributed by atoms with Gasteiger partial charge in [0.2, 0.25) is 15.9 Å². The van der Waals surface area contributed by atoms with Crippen molar-refractivity contribution in [3.63, 3.8) is 0 Å².